The van der Waals surface area contributed by atoms with Crippen molar-refractivity contribution in [3.05, 3.63) is 11.7 Å². The van der Waals surface area contributed by atoms with Gasteiger partial charge in [0.15, 0.2) is 0 Å². The van der Waals surface area contributed by atoms with E-state index in [1.165, 1.54) is 25.7 Å². The summed E-state index contributed by atoms with van der Waals surface area (Å²) in [6.45, 7) is 2.10. The Balaban J connectivity index is 2.14. The number of nitrogens with zero attached hydrogens (tertiary/aromatic N) is 2. The third-order valence-electron chi connectivity index (χ3n) is 4.15. The summed E-state index contributed by atoms with van der Waals surface area (Å²) in [4.78, 5) is 4.56. The van der Waals surface area contributed by atoms with Crippen LogP contribution in [0.25, 0.3) is 0 Å². The lowest BCUT2D eigenvalue weighted by Gasteiger charge is -2.27. The molecule has 19 heavy (non-hydrogen) atoms. The Morgan fingerprint density at radius 1 is 1.32 bits per heavy atom. The van der Waals surface area contributed by atoms with Gasteiger partial charge in [-0.15, -0.1) is 0 Å². The zero-order valence-corrected chi connectivity index (χ0v) is 12.2. The second-order valence-corrected chi connectivity index (χ2v) is 5.52. The van der Waals surface area contributed by atoms with Crippen LogP contribution in [0.2, 0.25) is 0 Å². The smallest absolute Gasteiger partial charge is 0.228 e. The molecule has 1 unspecified atom stereocenters. The average molecular weight is 267 g/mol. The standard InChI is InChI=1S/C14H25N3O2/c1-11(15-2)10-12-16-13(17-19-12)14(18-3)8-6-4-5-7-9-14/h11,15H,4-10H2,1-3H3. The zero-order chi connectivity index (χ0) is 13.7. The molecule has 1 heterocycles. The largest absolute Gasteiger partial charge is 0.370 e. The number of rotatable bonds is 5. The first-order valence-electron chi connectivity index (χ1n) is 7.25. The third-order valence-corrected chi connectivity index (χ3v) is 4.15. The minimum Gasteiger partial charge on any atom is -0.370 e. The SMILES string of the molecule is CNC(C)Cc1nc(C2(OC)CCCCCC2)no1. The molecule has 0 aromatic carbocycles. The number of hydrogen-bond donors (Lipinski definition) is 1. The minimum absolute atomic E-state index is 0.332. The summed E-state index contributed by atoms with van der Waals surface area (Å²) in [5.74, 6) is 1.42. The van der Waals surface area contributed by atoms with Crippen LogP contribution in [0.4, 0.5) is 0 Å². The van der Waals surface area contributed by atoms with Gasteiger partial charge in [0.05, 0.1) is 0 Å². The van der Waals surface area contributed by atoms with E-state index in [9.17, 15) is 0 Å². The van der Waals surface area contributed by atoms with Crippen molar-refractivity contribution in [3.63, 3.8) is 0 Å². The fourth-order valence-electron chi connectivity index (χ4n) is 2.71. The lowest BCUT2D eigenvalue weighted by atomic mass is 9.93. The monoisotopic (exact) mass is 267 g/mol. The van der Waals surface area contributed by atoms with Gasteiger partial charge in [0.25, 0.3) is 0 Å². The van der Waals surface area contributed by atoms with Crippen molar-refractivity contribution < 1.29 is 9.26 Å². The van der Waals surface area contributed by atoms with Crippen molar-refractivity contribution in [2.24, 2.45) is 0 Å². The molecule has 1 fully saturated rings. The molecular formula is C14H25N3O2. The summed E-state index contributed by atoms with van der Waals surface area (Å²) >= 11 is 0. The van der Waals surface area contributed by atoms with Gasteiger partial charge in [-0.2, -0.15) is 4.98 Å². The van der Waals surface area contributed by atoms with E-state index in [0.29, 0.717) is 11.9 Å². The van der Waals surface area contributed by atoms with Gasteiger partial charge < -0.3 is 14.6 Å². The molecular weight excluding hydrogens is 242 g/mol. The lowest BCUT2D eigenvalue weighted by Crippen LogP contribution is -2.29. The van der Waals surface area contributed by atoms with Gasteiger partial charge >= 0.3 is 0 Å². The first kappa shape index (κ1) is 14.5. The molecule has 0 radical (unpaired) electrons. The number of hydrogen-bond acceptors (Lipinski definition) is 5. The van der Waals surface area contributed by atoms with E-state index >= 15 is 0 Å². The molecule has 5 heteroatoms. The summed E-state index contributed by atoms with van der Waals surface area (Å²) in [6, 6.07) is 0.334. The van der Waals surface area contributed by atoms with Crippen molar-refractivity contribution in [1.29, 1.82) is 0 Å². The Bertz CT molecular complexity index is 384. The number of ether oxygens (including phenoxy) is 1. The Labute approximate surface area is 115 Å². The molecule has 1 aliphatic carbocycles. The van der Waals surface area contributed by atoms with E-state index < -0.39 is 0 Å². The molecule has 2 rings (SSSR count). The van der Waals surface area contributed by atoms with Gasteiger partial charge in [-0.3, -0.25) is 0 Å². The molecule has 0 bridgehead atoms. The highest BCUT2D eigenvalue weighted by Crippen LogP contribution is 2.37. The van der Waals surface area contributed by atoms with E-state index in [2.05, 4.69) is 22.4 Å². The van der Waals surface area contributed by atoms with E-state index in [4.69, 9.17) is 9.26 Å². The highest BCUT2D eigenvalue weighted by molar-refractivity contribution is 5.03. The Morgan fingerprint density at radius 2 is 2.00 bits per heavy atom. The normalized spacial score (nSPS) is 21.0. The number of methoxy groups -OCH3 is 1. The maximum atomic E-state index is 5.79. The molecule has 0 saturated heterocycles. The summed E-state index contributed by atoms with van der Waals surface area (Å²) in [6.07, 6.45) is 7.62. The number of aromatic nitrogens is 2. The quantitative estimate of drug-likeness (QED) is 0.830. The summed E-state index contributed by atoms with van der Waals surface area (Å²) in [5, 5.41) is 7.35. The molecule has 0 spiro atoms. The van der Waals surface area contributed by atoms with Crippen LogP contribution in [0, 0.1) is 0 Å². The van der Waals surface area contributed by atoms with Gasteiger partial charge in [0, 0.05) is 19.6 Å². The van der Waals surface area contributed by atoms with Crippen molar-refractivity contribution in [1.82, 2.24) is 15.5 Å². The second-order valence-electron chi connectivity index (χ2n) is 5.52. The van der Waals surface area contributed by atoms with Gasteiger partial charge in [0.2, 0.25) is 11.7 Å². The van der Waals surface area contributed by atoms with Crippen LogP contribution in [-0.2, 0) is 16.8 Å². The van der Waals surface area contributed by atoms with E-state index in [-0.39, 0.29) is 5.60 Å². The molecule has 108 valence electrons. The van der Waals surface area contributed by atoms with Crippen LogP contribution in [0.3, 0.4) is 0 Å². The van der Waals surface area contributed by atoms with Crippen LogP contribution in [0.5, 0.6) is 0 Å². The van der Waals surface area contributed by atoms with Crippen molar-refractivity contribution in [3.8, 4) is 0 Å². The highest BCUT2D eigenvalue weighted by Gasteiger charge is 2.37. The topological polar surface area (TPSA) is 60.2 Å². The first-order chi connectivity index (χ1) is 9.20. The van der Waals surface area contributed by atoms with Gasteiger partial charge in [0.1, 0.15) is 5.60 Å². The predicted octanol–water partition coefficient (Wildman–Crippen LogP) is 2.42. The van der Waals surface area contributed by atoms with Gasteiger partial charge in [-0.25, -0.2) is 0 Å². The van der Waals surface area contributed by atoms with Crippen LogP contribution < -0.4 is 5.32 Å². The van der Waals surface area contributed by atoms with Crippen molar-refractivity contribution >= 4 is 0 Å². The van der Waals surface area contributed by atoms with Crippen LogP contribution in [-0.4, -0.2) is 30.3 Å². The van der Waals surface area contributed by atoms with E-state index in [0.717, 1.165) is 25.1 Å². The molecule has 1 N–H and O–H groups in total. The lowest BCUT2D eigenvalue weighted by molar-refractivity contribution is -0.0365. The van der Waals surface area contributed by atoms with Crippen LogP contribution in [0.15, 0.2) is 4.52 Å². The maximum absolute atomic E-state index is 5.79. The number of likely N-dealkylation sites (N-methyl/N-ethyl adjacent to an activating group) is 1. The van der Waals surface area contributed by atoms with E-state index in [1.807, 2.05) is 7.05 Å². The fourth-order valence-corrected chi connectivity index (χ4v) is 2.71. The number of nitrogens with one attached hydrogen (secondary N) is 1. The molecule has 1 aliphatic rings. The molecule has 1 aromatic rings. The molecule has 0 aliphatic heterocycles. The van der Waals surface area contributed by atoms with Crippen molar-refractivity contribution in [2.45, 2.75) is 63.5 Å². The fraction of sp³-hybridized carbons (Fsp3) is 0.857. The maximum Gasteiger partial charge on any atom is 0.228 e. The Hall–Kier alpha value is -0.940. The van der Waals surface area contributed by atoms with Gasteiger partial charge in [-0.1, -0.05) is 30.8 Å². The molecule has 1 aromatic heterocycles. The predicted molar refractivity (Wildman–Crippen MR) is 72.9 cm³/mol. The Kier molecular flexibility index (Phi) is 4.93. The third kappa shape index (κ3) is 3.34. The molecule has 1 saturated carbocycles. The zero-order valence-electron chi connectivity index (χ0n) is 12.2. The van der Waals surface area contributed by atoms with Gasteiger partial charge in [-0.05, 0) is 26.8 Å². The molecule has 1 atom stereocenters. The van der Waals surface area contributed by atoms with E-state index in [1.54, 1.807) is 7.11 Å². The minimum atomic E-state index is -0.332. The summed E-state index contributed by atoms with van der Waals surface area (Å²) < 4.78 is 11.2. The first-order valence-corrected chi connectivity index (χ1v) is 7.25. The summed E-state index contributed by atoms with van der Waals surface area (Å²) in [5.41, 5.74) is -0.332. The molecule has 0 amide bonds. The average Bonchev–Trinajstić information content (AvgIpc) is 2.76. The van der Waals surface area contributed by atoms with Crippen LogP contribution >= 0.6 is 0 Å². The highest BCUT2D eigenvalue weighted by atomic mass is 16.5. The molecule has 5 nitrogen and oxygen atoms in total. The second kappa shape index (κ2) is 6.48. The Morgan fingerprint density at radius 3 is 2.58 bits per heavy atom. The van der Waals surface area contributed by atoms with Crippen molar-refractivity contribution in [2.75, 3.05) is 14.2 Å². The van der Waals surface area contributed by atoms with Crippen LogP contribution in [0.1, 0.15) is 57.2 Å². The summed E-state index contributed by atoms with van der Waals surface area (Å²) in [7, 11) is 3.70.